The molecule has 2 aromatic rings. The lowest BCUT2D eigenvalue weighted by atomic mass is 10.1. The fourth-order valence-corrected chi connectivity index (χ4v) is 2.11. The monoisotopic (exact) mass is 242 g/mol. The largest absolute Gasteiger partial charge is 0.384 e. The van der Waals surface area contributed by atoms with E-state index in [0.717, 1.165) is 24.5 Å². The summed E-state index contributed by atoms with van der Waals surface area (Å²) in [5.41, 5.74) is 3.04. The number of amides is 1. The molecule has 92 valence electrons. The molecule has 0 unspecified atom stereocenters. The van der Waals surface area contributed by atoms with Crippen LogP contribution in [0.15, 0.2) is 30.6 Å². The summed E-state index contributed by atoms with van der Waals surface area (Å²) in [6.45, 7) is 1.37. The van der Waals surface area contributed by atoms with Gasteiger partial charge in [-0.2, -0.15) is 0 Å². The van der Waals surface area contributed by atoms with Crippen molar-refractivity contribution >= 4 is 11.6 Å². The zero-order valence-electron chi connectivity index (χ0n) is 9.86. The number of carbonyl (C=O) groups excluding carboxylic acids is 1. The van der Waals surface area contributed by atoms with Crippen LogP contribution in [0.5, 0.6) is 0 Å². The zero-order chi connectivity index (χ0) is 12.4. The molecular formula is C13H14N4O. The van der Waals surface area contributed by atoms with Crippen LogP contribution in [0.2, 0.25) is 0 Å². The van der Waals surface area contributed by atoms with E-state index in [1.165, 1.54) is 5.56 Å². The molecule has 5 heteroatoms. The van der Waals surface area contributed by atoms with Gasteiger partial charge >= 0.3 is 0 Å². The number of aromatic amines is 1. The molecule has 1 aliphatic rings. The molecule has 1 amide bonds. The zero-order valence-corrected chi connectivity index (χ0v) is 9.86. The van der Waals surface area contributed by atoms with Crippen LogP contribution in [0.3, 0.4) is 0 Å². The van der Waals surface area contributed by atoms with E-state index >= 15 is 0 Å². The van der Waals surface area contributed by atoms with Crippen molar-refractivity contribution in [3.63, 3.8) is 0 Å². The minimum Gasteiger partial charge on any atom is -0.384 e. The van der Waals surface area contributed by atoms with Gasteiger partial charge in [-0.1, -0.05) is 0 Å². The van der Waals surface area contributed by atoms with Crippen LogP contribution in [-0.2, 0) is 13.0 Å². The van der Waals surface area contributed by atoms with E-state index in [-0.39, 0.29) is 5.91 Å². The Labute approximate surface area is 105 Å². The Balaban J connectivity index is 1.69. The van der Waals surface area contributed by atoms with Crippen molar-refractivity contribution in [2.75, 3.05) is 11.9 Å². The Kier molecular flexibility index (Phi) is 2.72. The van der Waals surface area contributed by atoms with Crippen molar-refractivity contribution in [3.05, 3.63) is 47.5 Å². The third-order valence-electron chi connectivity index (χ3n) is 3.05. The average Bonchev–Trinajstić information content (AvgIpc) is 3.05. The summed E-state index contributed by atoms with van der Waals surface area (Å²) in [6.07, 6.45) is 4.39. The predicted molar refractivity (Wildman–Crippen MR) is 68.4 cm³/mol. The van der Waals surface area contributed by atoms with Gasteiger partial charge in [-0.3, -0.25) is 4.79 Å². The first-order valence-electron chi connectivity index (χ1n) is 5.96. The number of anilines is 1. The molecule has 0 radical (unpaired) electrons. The third kappa shape index (κ3) is 2.07. The molecule has 1 aliphatic heterocycles. The van der Waals surface area contributed by atoms with Crippen molar-refractivity contribution in [1.82, 2.24) is 15.3 Å². The number of aromatic nitrogens is 2. The first kappa shape index (κ1) is 10.8. The molecule has 0 saturated heterocycles. The number of hydrogen-bond donors (Lipinski definition) is 3. The van der Waals surface area contributed by atoms with Crippen LogP contribution >= 0.6 is 0 Å². The third-order valence-corrected chi connectivity index (χ3v) is 3.05. The quantitative estimate of drug-likeness (QED) is 0.760. The van der Waals surface area contributed by atoms with E-state index in [2.05, 4.69) is 20.6 Å². The van der Waals surface area contributed by atoms with Crippen LogP contribution in [0.4, 0.5) is 5.69 Å². The van der Waals surface area contributed by atoms with E-state index in [1.807, 2.05) is 18.2 Å². The summed E-state index contributed by atoms with van der Waals surface area (Å²) in [4.78, 5) is 19.0. The highest BCUT2D eigenvalue weighted by Gasteiger charge is 2.13. The first-order valence-corrected chi connectivity index (χ1v) is 5.96. The normalized spacial score (nSPS) is 12.9. The molecule has 1 aromatic carbocycles. The Morgan fingerprint density at radius 2 is 2.39 bits per heavy atom. The van der Waals surface area contributed by atoms with Gasteiger partial charge in [-0.25, -0.2) is 4.98 Å². The van der Waals surface area contributed by atoms with E-state index < -0.39 is 0 Å². The number of benzene rings is 1. The van der Waals surface area contributed by atoms with Gasteiger partial charge < -0.3 is 15.6 Å². The second-order valence-electron chi connectivity index (χ2n) is 4.27. The maximum Gasteiger partial charge on any atom is 0.251 e. The molecule has 18 heavy (non-hydrogen) atoms. The van der Waals surface area contributed by atoms with Gasteiger partial charge in [0, 0.05) is 30.2 Å². The molecule has 0 spiro atoms. The lowest BCUT2D eigenvalue weighted by Gasteiger charge is -2.05. The standard InChI is InChI=1S/C13H14N4O/c18-13(17-8-12-15-5-6-16-12)10-1-2-11-9(7-10)3-4-14-11/h1-2,5-7,14H,3-4,8H2,(H,15,16)(H,17,18). The van der Waals surface area contributed by atoms with Crippen LogP contribution in [0.1, 0.15) is 21.7 Å². The number of H-pyrrole nitrogens is 1. The smallest absolute Gasteiger partial charge is 0.251 e. The molecular weight excluding hydrogens is 228 g/mol. The van der Waals surface area contributed by atoms with Gasteiger partial charge in [-0.15, -0.1) is 0 Å². The van der Waals surface area contributed by atoms with Gasteiger partial charge in [-0.05, 0) is 30.2 Å². The summed E-state index contributed by atoms with van der Waals surface area (Å²) in [6, 6.07) is 5.76. The van der Waals surface area contributed by atoms with Crippen LogP contribution in [-0.4, -0.2) is 22.4 Å². The molecule has 5 nitrogen and oxygen atoms in total. The molecule has 0 aliphatic carbocycles. The number of fused-ring (bicyclic) bond motifs is 1. The van der Waals surface area contributed by atoms with Gasteiger partial charge in [0.1, 0.15) is 5.82 Å². The van der Waals surface area contributed by atoms with E-state index in [9.17, 15) is 4.79 Å². The Morgan fingerprint density at radius 1 is 1.44 bits per heavy atom. The minimum absolute atomic E-state index is 0.0684. The Bertz CT molecular complexity index is 562. The molecule has 3 rings (SSSR count). The summed E-state index contributed by atoms with van der Waals surface area (Å²) >= 11 is 0. The predicted octanol–water partition coefficient (Wildman–Crippen LogP) is 1.31. The topological polar surface area (TPSA) is 69.8 Å². The molecule has 0 fully saturated rings. The number of carbonyl (C=O) groups is 1. The number of imidazole rings is 1. The highest BCUT2D eigenvalue weighted by Crippen LogP contribution is 2.22. The SMILES string of the molecule is O=C(NCc1ncc[nH]1)c1ccc2c(c1)CCN2. The molecule has 3 N–H and O–H groups in total. The molecule has 0 bridgehead atoms. The van der Waals surface area contributed by atoms with Crippen molar-refractivity contribution in [3.8, 4) is 0 Å². The van der Waals surface area contributed by atoms with Gasteiger partial charge in [0.05, 0.1) is 6.54 Å². The summed E-state index contributed by atoms with van der Waals surface area (Å²) < 4.78 is 0. The Hall–Kier alpha value is -2.30. The fraction of sp³-hybridized carbons (Fsp3) is 0.231. The van der Waals surface area contributed by atoms with Crippen molar-refractivity contribution in [1.29, 1.82) is 0 Å². The lowest BCUT2D eigenvalue weighted by molar-refractivity contribution is 0.0950. The molecule has 0 saturated carbocycles. The number of nitrogens with zero attached hydrogens (tertiary/aromatic N) is 1. The van der Waals surface area contributed by atoms with E-state index in [0.29, 0.717) is 12.1 Å². The fourth-order valence-electron chi connectivity index (χ4n) is 2.11. The van der Waals surface area contributed by atoms with E-state index in [1.54, 1.807) is 12.4 Å². The highest BCUT2D eigenvalue weighted by molar-refractivity contribution is 5.95. The molecule has 0 atom stereocenters. The van der Waals surface area contributed by atoms with Crippen LogP contribution < -0.4 is 10.6 Å². The number of hydrogen-bond acceptors (Lipinski definition) is 3. The maximum absolute atomic E-state index is 12.0. The Morgan fingerprint density at radius 3 is 3.22 bits per heavy atom. The van der Waals surface area contributed by atoms with E-state index in [4.69, 9.17) is 0 Å². The highest BCUT2D eigenvalue weighted by atomic mass is 16.1. The van der Waals surface area contributed by atoms with Crippen LogP contribution in [0.25, 0.3) is 0 Å². The second kappa shape index (κ2) is 4.52. The first-order chi connectivity index (χ1) is 8.83. The lowest BCUT2D eigenvalue weighted by Crippen LogP contribution is -2.23. The van der Waals surface area contributed by atoms with Gasteiger partial charge in [0.2, 0.25) is 0 Å². The van der Waals surface area contributed by atoms with Crippen LogP contribution in [0, 0.1) is 0 Å². The number of rotatable bonds is 3. The molecule has 1 aromatic heterocycles. The summed E-state index contributed by atoms with van der Waals surface area (Å²) in [5.74, 6) is 0.687. The average molecular weight is 242 g/mol. The summed E-state index contributed by atoms with van der Waals surface area (Å²) in [7, 11) is 0. The summed E-state index contributed by atoms with van der Waals surface area (Å²) in [5, 5.41) is 6.11. The van der Waals surface area contributed by atoms with Gasteiger partial charge in [0.15, 0.2) is 0 Å². The maximum atomic E-state index is 12.0. The minimum atomic E-state index is -0.0684. The van der Waals surface area contributed by atoms with Crippen molar-refractivity contribution in [2.45, 2.75) is 13.0 Å². The number of nitrogens with one attached hydrogen (secondary N) is 3. The van der Waals surface area contributed by atoms with Crippen molar-refractivity contribution in [2.24, 2.45) is 0 Å². The van der Waals surface area contributed by atoms with Gasteiger partial charge in [0.25, 0.3) is 5.91 Å². The molecule has 2 heterocycles. The van der Waals surface area contributed by atoms with Crippen molar-refractivity contribution < 1.29 is 4.79 Å². The second-order valence-corrected chi connectivity index (χ2v) is 4.27.